The van der Waals surface area contributed by atoms with Gasteiger partial charge in [-0.25, -0.2) is 0 Å². The molecule has 0 spiro atoms. The number of rotatable bonds is 6. The molecule has 0 bridgehead atoms. The summed E-state index contributed by atoms with van der Waals surface area (Å²) in [6.07, 6.45) is 12.5. The first-order valence-electron chi connectivity index (χ1n) is 14.5. The summed E-state index contributed by atoms with van der Waals surface area (Å²) in [4.78, 5) is 14.8. The van der Waals surface area contributed by atoms with Gasteiger partial charge >= 0.3 is 0 Å². The van der Waals surface area contributed by atoms with Crippen molar-refractivity contribution in [3.63, 3.8) is 0 Å². The number of benzene rings is 1. The zero-order chi connectivity index (χ0) is 25.7. The molecule has 6 nitrogen and oxygen atoms in total. The molecule has 5 rings (SSSR count). The number of anilines is 3. The highest BCUT2D eigenvalue weighted by Crippen LogP contribution is 2.39. The molecule has 2 aromatic rings. The van der Waals surface area contributed by atoms with Gasteiger partial charge in [0, 0.05) is 43.7 Å². The lowest BCUT2D eigenvalue weighted by Gasteiger charge is -2.38. The van der Waals surface area contributed by atoms with Gasteiger partial charge in [-0.05, 0) is 75.6 Å². The minimum Gasteiger partial charge on any atom is -0.361 e. The minimum atomic E-state index is 0.131. The number of thiocarbonyl (C=S) groups is 1. The fourth-order valence-electron chi connectivity index (χ4n) is 6.61. The van der Waals surface area contributed by atoms with E-state index in [-0.39, 0.29) is 5.41 Å². The van der Waals surface area contributed by atoms with Crippen LogP contribution in [-0.2, 0) is 5.41 Å². The van der Waals surface area contributed by atoms with Crippen LogP contribution in [0.15, 0.2) is 36.4 Å². The summed E-state index contributed by atoms with van der Waals surface area (Å²) in [5.41, 5.74) is 1.55. The fourth-order valence-corrected chi connectivity index (χ4v) is 6.77. The van der Waals surface area contributed by atoms with Gasteiger partial charge in [-0.1, -0.05) is 56.5 Å². The van der Waals surface area contributed by atoms with E-state index in [9.17, 15) is 0 Å². The molecule has 1 aliphatic carbocycles. The maximum absolute atomic E-state index is 5.82. The number of nitrogens with one attached hydrogen (secondary N) is 2. The molecule has 0 unspecified atom stereocenters. The van der Waals surface area contributed by atoms with Crippen molar-refractivity contribution in [3.05, 3.63) is 42.0 Å². The molecule has 3 fully saturated rings. The van der Waals surface area contributed by atoms with E-state index in [1.165, 1.54) is 69.8 Å². The Bertz CT molecular complexity index is 1040. The molecule has 3 heterocycles. The van der Waals surface area contributed by atoms with Crippen molar-refractivity contribution in [2.75, 3.05) is 41.3 Å². The Hall–Kier alpha value is -2.41. The molecule has 1 aromatic carbocycles. The normalized spacial score (nSPS) is 23.9. The maximum Gasteiger partial charge on any atom is 0.232 e. The number of aromatic nitrogens is 2. The fraction of sp³-hybridized carbons (Fsp3) is 0.633. The Morgan fingerprint density at radius 3 is 2.49 bits per heavy atom. The van der Waals surface area contributed by atoms with E-state index in [0.717, 1.165) is 37.8 Å². The van der Waals surface area contributed by atoms with Crippen LogP contribution in [0, 0.1) is 5.92 Å². The molecule has 2 saturated heterocycles. The number of nitrogens with zero attached hydrogens (tertiary/aromatic N) is 4. The highest BCUT2D eigenvalue weighted by atomic mass is 32.1. The SMILES string of the molecule is C[C@@H]1CCCN(c2cc(N3CCCC[C@H]3C)nc(NC(=S)NCC3(c4ccccc4)CCCCC3)n2)C1. The first-order chi connectivity index (χ1) is 18.0. The second-order valence-electron chi connectivity index (χ2n) is 11.7. The van der Waals surface area contributed by atoms with Gasteiger partial charge in [0.2, 0.25) is 5.95 Å². The average molecular weight is 521 g/mol. The van der Waals surface area contributed by atoms with E-state index < -0.39 is 0 Å². The molecule has 0 radical (unpaired) electrons. The van der Waals surface area contributed by atoms with Crippen LogP contribution in [0.1, 0.15) is 83.6 Å². The van der Waals surface area contributed by atoms with E-state index in [4.69, 9.17) is 22.2 Å². The van der Waals surface area contributed by atoms with Crippen LogP contribution in [0.25, 0.3) is 0 Å². The van der Waals surface area contributed by atoms with Crippen LogP contribution >= 0.6 is 12.2 Å². The predicted octanol–water partition coefficient (Wildman–Crippen LogP) is 6.28. The summed E-state index contributed by atoms with van der Waals surface area (Å²) >= 11 is 5.82. The highest BCUT2D eigenvalue weighted by Gasteiger charge is 2.34. The molecule has 1 aromatic heterocycles. The van der Waals surface area contributed by atoms with Crippen molar-refractivity contribution in [3.8, 4) is 0 Å². The summed E-state index contributed by atoms with van der Waals surface area (Å²) < 4.78 is 0. The van der Waals surface area contributed by atoms with Gasteiger partial charge in [0.05, 0.1) is 0 Å². The van der Waals surface area contributed by atoms with Crippen LogP contribution in [0.3, 0.4) is 0 Å². The Kier molecular flexibility index (Phi) is 8.48. The Labute approximate surface area is 228 Å². The average Bonchev–Trinajstić information content (AvgIpc) is 2.93. The first-order valence-corrected chi connectivity index (χ1v) is 14.9. The van der Waals surface area contributed by atoms with Crippen molar-refractivity contribution >= 4 is 34.9 Å². The second kappa shape index (κ2) is 12.0. The third-order valence-electron chi connectivity index (χ3n) is 8.79. The van der Waals surface area contributed by atoms with E-state index in [1.807, 2.05) is 0 Å². The zero-order valence-corrected chi connectivity index (χ0v) is 23.5. The largest absolute Gasteiger partial charge is 0.361 e. The predicted molar refractivity (Wildman–Crippen MR) is 159 cm³/mol. The van der Waals surface area contributed by atoms with Crippen molar-refractivity contribution in [2.24, 2.45) is 5.92 Å². The summed E-state index contributed by atoms with van der Waals surface area (Å²) in [6.45, 7) is 8.65. The van der Waals surface area contributed by atoms with Crippen molar-refractivity contribution in [2.45, 2.75) is 89.5 Å². The van der Waals surface area contributed by atoms with Crippen molar-refractivity contribution in [1.29, 1.82) is 0 Å². The number of hydrogen-bond donors (Lipinski definition) is 2. The Morgan fingerprint density at radius 1 is 0.946 bits per heavy atom. The molecular formula is C30H44N6S. The summed E-state index contributed by atoms with van der Waals surface area (Å²) in [7, 11) is 0. The lowest BCUT2D eigenvalue weighted by atomic mass is 9.69. The highest BCUT2D eigenvalue weighted by molar-refractivity contribution is 7.80. The second-order valence-corrected chi connectivity index (χ2v) is 12.1. The lowest BCUT2D eigenvalue weighted by Crippen LogP contribution is -2.44. The molecule has 7 heteroatoms. The van der Waals surface area contributed by atoms with Gasteiger partial charge in [-0.2, -0.15) is 9.97 Å². The third kappa shape index (κ3) is 6.36. The van der Waals surface area contributed by atoms with Gasteiger partial charge in [0.1, 0.15) is 11.6 Å². The Morgan fingerprint density at radius 2 is 1.73 bits per heavy atom. The molecule has 2 aliphatic heterocycles. The number of hydrogen-bond acceptors (Lipinski definition) is 5. The summed E-state index contributed by atoms with van der Waals surface area (Å²) in [5, 5.41) is 7.56. The van der Waals surface area contributed by atoms with Crippen molar-refractivity contribution < 1.29 is 0 Å². The smallest absolute Gasteiger partial charge is 0.232 e. The monoisotopic (exact) mass is 520 g/mol. The topological polar surface area (TPSA) is 56.3 Å². The molecule has 37 heavy (non-hydrogen) atoms. The standard InChI is InChI=1S/C30H44N6S/c1-23-12-11-18-35(21-23)26-20-27(36-19-10-7-13-24(36)2)33-28(32-26)34-29(37)31-22-30(16-8-4-9-17-30)25-14-5-3-6-15-25/h3,5-6,14-15,20,23-24H,4,7-13,16-19,21-22H2,1-2H3,(H2,31,32,33,34,37)/t23-,24-/m1/s1. The van der Waals surface area contributed by atoms with Gasteiger partial charge in [0.15, 0.2) is 5.11 Å². The van der Waals surface area contributed by atoms with E-state index >= 15 is 0 Å². The first kappa shape index (κ1) is 26.2. The summed E-state index contributed by atoms with van der Waals surface area (Å²) in [5.74, 6) is 3.34. The van der Waals surface area contributed by atoms with Gasteiger partial charge in [-0.3, -0.25) is 0 Å². The van der Waals surface area contributed by atoms with Crippen LogP contribution in [0.2, 0.25) is 0 Å². The summed E-state index contributed by atoms with van der Waals surface area (Å²) in [6, 6.07) is 13.7. The third-order valence-corrected chi connectivity index (χ3v) is 9.03. The van der Waals surface area contributed by atoms with Gasteiger partial charge < -0.3 is 20.4 Å². The van der Waals surface area contributed by atoms with Gasteiger partial charge in [-0.15, -0.1) is 0 Å². The van der Waals surface area contributed by atoms with E-state index in [2.05, 4.69) is 70.7 Å². The van der Waals surface area contributed by atoms with E-state index in [1.54, 1.807) is 0 Å². The lowest BCUT2D eigenvalue weighted by molar-refractivity contribution is 0.292. The molecular weight excluding hydrogens is 476 g/mol. The zero-order valence-electron chi connectivity index (χ0n) is 22.7. The quantitative estimate of drug-likeness (QED) is 0.435. The molecule has 0 amide bonds. The molecule has 200 valence electrons. The number of piperidine rings is 2. The van der Waals surface area contributed by atoms with Crippen LogP contribution in [0.4, 0.5) is 17.6 Å². The van der Waals surface area contributed by atoms with E-state index in [0.29, 0.717) is 23.0 Å². The van der Waals surface area contributed by atoms with Crippen LogP contribution in [0.5, 0.6) is 0 Å². The van der Waals surface area contributed by atoms with Crippen LogP contribution < -0.4 is 20.4 Å². The molecule has 2 N–H and O–H groups in total. The molecule has 2 atom stereocenters. The minimum absolute atomic E-state index is 0.131. The van der Waals surface area contributed by atoms with Crippen molar-refractivity contribution in [1.82, 2.24) is 15.3 Å². The van der Waals surface area contributed by atoms with Gasteiger partial charge in [0.25, 0.3) is 0 Å². The molecule has 1 saturated carbocycles. The maximum atomic E-state index is 5.82. The molecule has 3 aliphatic rings. The van der Waals surface area contributed by atoms with Crippen LogP contribution in [-0.4, -0.2) is 47.3 Å². The Balaban J connectivity index is 1.34.